The molecule has 3 aromatic carbocycles. The van der Waals surface area contributed by atoms with E-state index in [1.807, 2.05) is 13.1 Å². The van der Waals surface area contributed by atoms with Crippen molar-refractivity contribution in [3.05, 3.63) is 114 Å². The van der Waals surface area contributed by atoms with Crippen LogP contribution in [-0.2, 0) is 9.39 Å². The summed E-state index contributed by atoms with van der Waals surface area (Å²) in [6.45, 7) is 4.76. The van der Waals surface area contributed by atoms with Crippen LogP contribution in [0.4, 0.5) is 0 Å². The van der Waals surface area contributed by atoms with Gasteiger partial charge in [0.1, 0.15) is 6.10 Å². The molecule has 1 aliphatic heterocycles. The second kappa shape index (κ2) is 13.2. The molecule has 3 unspecified atom stereocenters. The molecule has 0 amide bonds. The molecule has 7 heteroatoms. The lowest BCUT2D eigenvalue weighted by molar-refractivity contribution is 0.125. The summed E-state index contributed by atoms with van der Waals surface area (Å²) < 4.78 is 12.4. The third kappa shape index (κ3) is 5.76. The highest BCUT2D eigenvalue weighted by Crippen LogP contribution is 2.59. The fraction of sp³-hybridized carbons (Fsp3) is 0.333. The van der Waals surface area contributed by atoms with Crippen LogP contribution in [0.25, 0.3) is 0 Å². The molecule has 0 radical (unpaired) electrons. The number of nitrogens with one attached hydrogen (secondary N) is 2. The highest BCUT2D eigenvalue weighted by Gasteiger charge is 2.58. The van der Waals surface area contributed by atoms with Crippen molar-refractivity contribution in [2.24, 2.45) is 5.92 Å². The Morgan fingerprint density at radius 1 is 0.975 bits per heavy atom. The summed E-state index contributed by atoms with van der Waals surface area (Å²) in [7, 11) is 3.74. The zero-order chi connectivity index (χ0) is 28.0. The molecule has 3 aromatic rings. The van der Waals surface area contributed by atoms with Crippen LogP contribution in [0, 0.1) is 5.92 Å². The van der Waals surface area contributed by atoms with E-state index in [0.29, 0.717) is 19.2 Å². The Labute approximate surface area is 239 Å². The Kier molecular flexibility index (Phi) is 9.40. The van der Waals surface area contributed by atoms with Crippen molar-refractivity contribution in [2.75, 3.05) is 40.6 Å². The van der Waals surface area contributed by atoms with Gasteiger partial charge in [0.2, 0.25) is 6.71 Å². The Bertz CT molecular complexity index is 1300. The van der Waals surface area contributed by atoms with Crippen LogP contribution >= 0.6 is 0 Å². The molecule has 5 nitrogen and oxygen atoms in total. The molecule has 1 saturated heterocycles. The van der Waals surface area contributed by atoms with E-state index in [1.165, 1.54) is 16.5 Å². The van der Waals surface area contributed by atoms with Crippen LogP contribution in [0.5, 0.6) is 0 Å². The molecule has 0 saturated carbocycles. The topological polar surface area (TPSA) is 62.8 Å². The molecule has 3 atom stereocenters. The number of hydrogen-bond acceptors (Lipinski definition) is 5. The van der Waals surface area contributed by atoms with Gasteiger partial charge in [-0.15, -0.1) is 0 Å². The quantitative estimate of drug-likeness (QED) is 0.179. The maximum atomic E-state index is 9.55. The van der Waals surface area contributed by atoms with Crippen molar-refractivity contribution in [1.82, 2.24) is 10.6 Å². The summed E-state index contributed by atoms with van der Waals surface area (Å²) in [5.41, 5.74) is 7.53. The van der Waals surface area contributed by atoms with E-state index in [0.717, 1.165) is 36.0 Å². The molecule has 1 aliphatic carbocycles. The summed E-state index contributed by atoms with van der Waals surface area (Å²) in [5.74, 6) is 0.400. The standard InChI is InChI=1S/C33H40B2N2O3/c1-33(23-37-24-38)30-22-26(16-19-31(30)34(33)27-10-6-4-7-11-27)32(39-3)25-14-17-29(18-15-25)35(40-21-20-36-2)28-12-8-5-9-13-28/h4-19,30,32,36-38H,20-24H2,1-3H3. The first kappa shape index (κ1) is 28.6. The van der Waals surface area contributed by atoms with Crippen LogP contribution in [-0.4, -0.2) is 59.3 Å². The normalized spacial score (nSPS) is 20.7. The highest BCUT2D eigenvalue weighted by atomic mass is 16.5. The number of fused-ring (bicyclic) bond motifs is 1. The highest BCUT2D eigenvalue weighted by molar-refractivity contribution is 6.86. The van der Waals surface area contributed by atoms with E-state index in [1.54, 1.807) is 7.11 Å². The molecular weight excluding hydrogens is 494 g/mol. The minimum Gasteiger partial charge on any atom is -0.426 e. The minimum absolute atomic E-state index is 0.00512. The number of ether oxygens (including phenoxy) is 1. The number of hydrogen-bond donors (Lipinski definition) is 3. The van der Waals surface area contributed by atoms with Crippen LogP contribution < -0.4 is 27.0 Å². The number of benzene rings is 3. The fourth-order valence-electron chi connectivity index (χ4n) is 6.74. The van der Waals surface area contributed by atoms with Crippen LogP contribution in [0.15, 0.2) is 108 Å². The molecule has 1 fully saturated rings. The third-order valence-electron chi connectivity index (χ3n) is 8.72. The number of aliphatic hydroxyl groups excluding tert-OH is 1. The number of rotatable bonds is 13. The van der Waals surface area contributed by atoms with E-state index >= 15 is 0 Å². The van der Waals surface area contributed by atoms with Crippen LogP contribution in [0.1, 0.15) is 25.0 Å². The predicted molar refractivity (Wildman–Crippen MR) is 167 cm³/mol. The lowest BCUT2D eigenvalue weighted by Crippen LogP contribution is -2.62. The average Bonchev–Trinajstić information content (AvgIpc) is 3.00. The van der Waals surface area contributed by atoms with E-state index in [9.17, 15) is 5.11 Å². The van der Waals surface area contributed by atoms with E-state index in [4.69, 9.17) is 9.39 Å². The predicted octanol–water partition coefficient (Wildman–Crippen LogP) is 2.84. The van der Waals surface area contributed by atoms with Gasteiger partial charge in [0.15, 0.2) is 0 Å². The molecule has 3 N–H and O–H groups in total. The molecule has 0 aromatic heterocycles. The van der Waals surface area contributed by atoms with Crippen LogP contribution in [0.2, 0.25) is 5.31 Å². The number of methoxy groups -OCH3 is 1. The number of aliphatic hydroxyl groups is 1. The summed E-state index contributed by atoms with van der Waals surface area (Å²) in [4.78, 5) is 0. The van der Waals surface area contributed by atoms with Gasteiger partial charge >= 0.3 is 6.92 Å². The van der Waals surface area contributed by atoms with Gasteiger partial charge in [-0.05, 0) is 53.3 Å². The first-order chi connectivity index (χ1) is 19.6. The minimum atomic E-state index is -0.117. The van der Waals surface area contributed by atoms with Crippen molar-refractivity contribution in [2.45, 2.75) is 24.8 Å². The van der Waals surface area contributed by atoms with Crippen LogP contribution in [0.3, 0.4) is 0 Å². The molecule has 0 bridgehead atoms. The first-order valence-corrected chi connectivity index (χ1v) is 14.3. The van der Waals surface area contributed by atoms with Gasteiger partial charge in [-0.3, -0.25) is 5.32 Å². The van der Waals surface area contributed by atoms with Gasteiger partial charge in [0.05, 0.1) is 6.73 Å². The maximum absolute atomic E-state index is 9.55. The Morgan fingerprint density at radius 3 is 2.30 bits per heavy atom. The van der Waals surface area contributed by atoms with E-state index in [-0.39, 0.29) is 25.1 Å². The summed E-state index contributed by atoms with van der Waals surface area (Å²) in [5, 5.41) is 15.9. The second-order valence-corrected chi connectivity index (χ2v) is 11.1. The smallest absolute Gasteiger partial charge is 0.361 e. The number of allylic oxidation sites excluding steroid dienone is 3. The molecule has 2 aliphatic rings. The largest absolute Gasteiger partial charge is 0.426 e. The maximum Gasteiger partial charge on any atom is 0.361 e. The van der Waals surface area contributed by atoms with Crippen molar-refractivity contribution in [3.63, 3.8) is 0 Å². The Morgan fingerprint density at radius 2 is 1.65 bits per heavy atom. The SMILES string of the molecule is CNCCOB(c1ccccc1)c1ccc(C(OC)C2=CC=C3B(c4ccccc4)C(C)(CNCO)C3C2)cc1. The molecule has 40 heavy (non-hydrogen) atoms. The van der Waals surface area contributed by atoms with Crippen molar-refractivity contribution in [1.29, 1.82) is 0 Å². The zero-order valence-corrected chi connectivity index (χ0v) is 23.8. The monoisotopic (exact) mass is 534 g/mol. The molecule has 5 rings (SSSR count). The second-order valence-electron chi connectivity index (χ2n) is 11.1. The lowest BCUT2D eigenvalue weighted by atomic mass is 9.13. The summed E-state index contributed by atoms with van der Waals surface area (Å²) in [6.07, 6.45) is 5.43. The van der Waals surface area contributed by atoms with E-state index < -0.39 is 0 Å². The lowest BCUT2D eigenvalue weighted by Gasteiger charge is -2.57. The summed E-state index contributed by atoms with van der Waals surface area (Å²) >= 11 is 0. The molecule has 0 spiro atoms. The zero-order valence-electron chi connectivity index (χ0n) is 23.8. The number of likely N-dealkylation sites (N-methyl/N-ethyl adjacent to an activating group) is 1. The van der Waals surface area contributed by atoms with Crippen molar-refractivity contribution in [3.8, 4) is 0 Å². The third-order valence-corrected chi connectivity index (χ3v) is 8.72. The molecule has 206 valence electrons. The van der Waals surface area contributed by atoms with Gasteiger partial charge in [0.25, 0.3) is 0 Å². The summed E-state index contributed by atoms with van der Waals surface area (Å²) in [6, 6.07) is 29.9. The van der Waals surface area contributed by atoms with E-state index in [2.05, 4.69) is 109 Å². The van der Waals surface area contributed by atoms with Gasteiger partial charge in [-0.2, -0.15) is 0 Å². The first-order valence-electron chi connectivity index (χ1n) is 14.3. The average molecular weight is 534 g/mol. The van der Waals surface area contributed by atoms with Crippen molar-refractivity contribution < 1.29 is 14.5 Å². The Balaban J connectivity index is 1.39. The van der Waals surface area contributed by atoms with Gasteiger partial charge in [0, 0.05) is 20.3 Å². The van der Waals surface area contributed by atoms with Gasteiger partial charge in [-0.25, -0.2) is 0 Å². The molecular formula is C33H40B2N2O3. The Hall–Kier alpha value is -2.93. The van der Waals surface area contributed by atoms with Gasteiger partial charge in [-0.1, -0.05) is 115 Å². The fourth-order valence-corrected chi connectivity index (χ4v) is 6.74. The van der Waals surface area contributed by atoms with Crippen molar-refractivity contribution >= 4 is 30.0 Å². The molecule has 1 heterocycles. The van der Waals surface area contributed by atoms with Gasteiger partial charge < -0.3 is 19.8 Å².